The van der Waals surface area contributed by atoms with Gasteiger partial charge in [-0.15, -0.1) is 0 Å². The molecule has 3 N–H and O–H groups in total. The SMILES string of the molecule is CCOC(=O)c1c(C)oc2nc(CNc3ccc(OCC)c(OCC)c3)nc(N)c12. The number of nitrogens with one attached hydrogen (secondary N) is 1. The lowest BCUT2D eigenvalue weighted by Crippen LogP contribution is -2.09. The summed E-state index contributed by atoms with van der Waals surface area (Å²) in [6.07, 6.45) is 0. The van der Waals surface area contributed by atoms with E-state index in [1.807, 2.05) is 32.0 Å². The molecule has 1 aromatic carbocycles. The van der Waals surface area contributed by atoms with Crippen molar-refractivity contribution >= 4 is 28.6 Å². The summed E-state index contributed by atoms with van der Waals surface area (Å²) in [7, 11) is 0. The second-order valence-electron chi connectivity index (χ2n) is 6.34. The molecule has 0 amide bonds. The Morgan fingerprint density at radius 1 is 1.10 bits per heavy atom. The molecule has 0 unspecified atom stereocenters. The molecule has 0 atom stereocenters. The number of nitrogens with two attached hydrogens (primary N) is 1. The predicted octanol–water partition coefficient (Wildman–Crippen LogP) is 3.70. The fourth-order valence-electron chi connectivity index (χ4n) is 3.05. The molecule has 0 fully saturated rings. The van der Waals surface area contributed by atoms with Crippen molar-refractivity contribution in [3.8, 4) is 11.5 Å². The van der Waals surface area contributed by atoms with Crippen LogP contribution in [-0.4, -0.2) is 35.8 Å². The largest absolute Gasteiger partial charge is 0.490 e. The van der Waals surface area contributed by atoms with Crippen LogP contribution in [0.4, 0.5) is 11.5 Å². The number of carbonyl (C=O) groups excluding carboxylic acids is 1. The maximum Gasteiger partial charge on any atom is 0.342 e. The maximum atomic E-state index is 12.2. The van der Waals surface area contributed by atoms with E-state index in [0.717, 1.165) is 5.69 Å². The van der Waals surface area contributed by atoms with E-state index < -0.39 is 5.97 Å². The molecule has 0 spiro atoms. The van der Waals surface area contributed by atoms with Crippen molar-refractivity contribution in [2.75, 3.05) is 30.9 Å². The van der Waals surface area contributed by atoms with Crippen LogP contribution in [0.5, 0.6) is 11.5 Å². The van der Waals surface area contributed by atoms with Gasteiger partial charge in [-0.3, -0.25) is 0 Å². The average molecular weight is 414 g/mol. The molecule has 0 aliphatic rings. The molecule has 0 bridgehead atoms. The van der Waals surface area contributed by atoms with Gasteiger partial charge in [0.15, 0.2) is 17.3 Å². The molecule has 0 saturated heterocycles. The zero-order valence-corrected chi connectivity index (χ0v) is 17.6. The summed E-state index contributed by atoms with van der Waals surface area (Å²) in [5.41, 5.74) is 7.43. The van der Waals surface area contributed by atoms with E-state index >= 15 is 0 Å². The first-order valence-electron chi connectivity index (χ1n) is 9.84. The van der Waals surface area contributed by atoms with Crippen LogP contribution in [0.3, 0.4) is 0 Å². The summed E-state index contributed by atoms with van der Waals surface area (Å²) >= 11 is 0. The minimum Gasteiger partial charge on any atom is -0.490 e. The molecule has 0 aliphatic heterocycles. The molecule has 2 heterocycles. The molecule has 3 aromatic rings. The molecule has 9 heteroatoms. The van der Waals surface area contributed by atoms with Crippen LogP contribution in [0, 0.1) is 6.92 Å². The molecule has 30 heavy (non-hydrogen) atoms. The number of rotatable bonds is 9. The monoisotopic (exact) mass is 414 g/mol. The Morgan fingerprint density at radius 2 is 1.83 bits per heavy atom. The first kappa shape index (κ1) is 21.2. The second kappa shape index (κ2) is 9.34. The maximum absolute atomic E-state index is 12.2. The topological polar surface area (TPSA) is 122 Å². The molecule has 0 aliphatic carbocycles. The lowest BCUT2D eigenvalue weighted by atomic mass is 10.2. The molecule has 160 valence electrons. The third-order valence-corrected chi connectivity index (χ3v) is 4.28. The summed E-state index contributed by atoms with van der Waals surface area (Å²) in [6, 6.07) is 5.58. The number of esters is 1. The number of nitrogens with zero attached hydrogens (tertiary/aromatic N) is 2. The summed E-state index contributed by atoms with van der Waals surface area (Å²) in [5, 5.41) is 3.61. The van der Waals surface area contributed by atoms with Crippen LogP contribution in [0.25, 0.3) is 11.1 Å². The van der Waals surface area contributed by atoms with Gasteiger partial charge in [-0.25, -0.2) is 9.78 Å². The molecular weight excluding hydrogens is 388 g/mol. The molecule has 2 aromatic heterocycles. The zero-order chi connectivity index (χ0) is 21.7. The number of ether oxygens (including phenoxy) is 3. The van der Waals surface area contributed by atoms with Crippen molar-refractivity contribution < 1.29 is 23.4 Å². The van der Waals surface area contributed by atoms with Crippen molar-refractivity contribution in [2.45, 2.75) is 34.2 Å². The van der Waals surface area contributed by atoms with Gasteiger partial charge in [0, 0.05) is 11.8 Å². The fraction of sp³-hybridized carbons (Fsp3) is 0.381. The number of benzene rings is 1. The van der Waals surface area contributed by atoms with Crippen LogP contribution in [0.15, 0.2) is 22.6 Å². The Morgan fingerprint density at radius 3 is 2.53 bits per heavy atom. The highest BCUT2D eigenvalue weighted by molar-refractivity contribution is 6.07. The highest BCUT2D eigenvalue weighted by Gasteiger charge is 2.23. The number of nitrogen functional groups attached to an aromatic ring is 1. The third-order valence-electron chi connectivity index (χ3n) is 4.28. The van der Waals surface area contributed by atoms with E-state index in [1.165, 1.54) is 0 Å². The minimum absolute atomic E-state index is 0.165. The van der Waals surface area contributed by atoms with Gasteiger partial charge in [-0.05, 0) is 39.8 Å². The third kappa shape index (κ3) is 4.40. The normalized spacial score (nSPS) is 10.8. The van der Waals surface area contributed by atoms with Gasteiger partial charge < -0.3 is 29.7 Å². The Bertz CT molecular complexity index is 1050. The highest BCUT2D eigenvalue weighted by Crippen LogP contribution is 2.31. The van der Waals surface area contributed by atoms with E-state index in [4.69, 9.17) is 24.4 Å². The van der Waals surface area contributed by atoms with E-state index in [-0.39, 0.29) is 23.7 Å². The van der Waals surface area contributed by atoms with Crippen LogP contribution >= 0.6 is 0 Å². The lowest BCUT2D eigenvalue weighted by molar-refractivity contribution is 0.0526. The zero-order valence-electron chi connectivity index (χ0n) is 17.6. The average Bonchev–Trinajstić information content (AvgIpc) is 3.05. The number of fused-ring (bicyclic) bond motifs is 1. The Hall–Kier alpha value is -3.49. The van der Waals surface area contributed by atoms with Gasteiger partial charge in [-0.1, -0.05) is 0 Å². The molecule has 0 saturated carbocycles. The number of aromatic nitrogens is 2. The lowest BCUT2D eigenvalue weighted by Gasteiger charge is -2.13. The van der Waals surface area contributed by atoms with E-state index in [9.17, 15) is 4.79 Å². The number of anilines is 2. The quantitative estimate of drug-likeness (QED) is 0.505. The van der Waals surface area contributed by atoms with Gasteiger partial charge in [-0.2, -0.15) is 4.98 Å². The van der Waals surface area contributed by atoms with E-state index in [1.54, 1.807) is 13.8 Å². The standard InChI is InChI=1S/C21H26N4O5/c1-5-27-14-9-8-13(10-15(14)28-6-2)23-11-16-24-19(22)18-17(21(26)29-7-3)12(4)30-20(18)25-16/h8-10,23H,5-7,11H2,1-4H3,(H2,22,24,25). The van der Waals surface area contributed by atoms with Gasteiger partial charge in [0.25, 0.3) is 0 Å². The van der Waals surface area contributed by atoms with Crippen molar-refractivity contribution in [1.29, 1.82) is 0 Å². The smallest absolute Gasteiger partial charge is 0.342 e. The Balaban J connectivity index is 1.83. The molecule has 0 radical (unpaired) electrons. The number of carbonyl (C=O) groups is 1. The molecular formula is C21H26N4O5. The number of hydrogen-bond donors (Lipinski definition) is 2. The minimum atomic E-state index is -0.507. The summed E-state index contributed by atoms with van der Waals surface area (Å²) < 4.78 is 21.9. The number of furan rings is 1. The fourth-order valence-corrected chi connectivity index (χ4v) is 3.05. The van der Waals surface area contributed by atoms with Crippen molar-refractivity contribution in [2.24, 2.45) is 0 Å². The van der Waals surface area contributed by atoms with Crippen molar-refractivity contribution in [3.05, 3.63) is 35.3 Å². The summed E-state index contributed by atoms with van der Waals surface area (Å²) in [4.78, 5) is 20.9. The number of hydrogen-bond acceptors (Lipinski definition) is 9. The van der Waals surface area contributed by atoms with E-state index in [0.29, 0.717) is 48.2 Å². The van der Waals surface area contributed by atoms with Crippen LogP contribution in [0.2, 0.25) is 0 Å². The van der Waals surface area contributed by atoms with Crippen molar-refractivity contribution in [3.63, 3.8) is 0 Å². The first-order valence-corrected chi connectivity index (χ1v) is 9.84. The number of aryl methyl sites for hydroxylation is 1. The molecule has 9 nitrogen and oxygen atoms in total. The van der Waals surface area contributed by atoms with Gasteiger partial charge in [0.2, 0.25) is 5.71 Å². The highest BCUT2D eigenvalue weighted by atomic mass is 16.5. The van der Waals surface area contributed by atoms with Crippen LogP contribution in [0.1, 0.15) is 42.7 Å². The van der Waals surface area contributed by atoms with Gasteiger partial charge in [0.05, 0.1) is 31.8 Å². The second-order valence-corrected chi connectivity index (χ2v) is 6.34. The van der Waals surface area contributed by atoms with E-state index in [2.05, 4.69) is 15.3 Å². The van der Waals surface area contributed by atoms with Gasteiger partial charge in [0.1, 0.15) is 17.1 Å². The molecule has 3 rings (SSSR count). The van der Waals surface area contributed by atoms with Crippen LogP contribution in [-0.2, 0) is 11.3 Å². The first-order chi connectivity index (χ1) is 14.5. The Kier molecular flexibility index (Phi) is 6.61. The Labute approximate surface area is 174 Å². The summed E-state index contributed by atoms with van der Waals surface area (Å²) in [6.45, 7) is 8.86. The summed E-state index contributed by atoms with van der Waals surface area (Å²) in [5.74, 6) is 1.81. The predicted molar refractivity (Wildman–Crippen MR) is 113 cm³/mol. The van der Waals surface area contributed by atoms with Crippen molar-refractivity contribution in [1.82, 2.24) is 9.97 Å². The van der Waals surface area contributed by atoms with Crippen LogP contribution < -0.4 is 20.5 Å². The van der Waals surface area contributed by atoms with Gasteiger partial charge >= 0.3 is 5.97 Å².